The predicted octanol–water partition coefficient (Wildman–Crippen LogP) is 6.62. The maximum Gasteiger partial charge on any atom is 0.178 e. The Bertz CT molecular complexity index is 1800. The van der Waals surface area contributed by atoms with Gasteiger partial charge in [-0.2, -0.15) is 0 Å². The Balaban J connectivity index is 1.41. The molecule has 0 radical (unpaired) electrons. The summed E-state index contributed by atoms with van der Waals surface area (Å²) in [4.78, 5) is 13.5. The fourth-order valence-corrected chi connectivity index (χ4v) is 7.86. The van der Waals surface area contributed by atoms with Gasteiger partial charge in [0.25, 0.3) is 0 Å². The van der Waals surface area contributed by atoms with Crippen molar-refractivity contribution in [1.82, 2.24) is 15.0 Å². The van der Waals surface area contributed by atoms with Crippen LogP contribution in [-0.4, -0.2) is 15.0 Å². The van der Waals surface area contributed by atoms with Crippen LogP contribution in [0.4, 0.5) is 0 Å². The largest absolute Gasteiger partial charge is 0.456 e. The molecular weight excluding hydrogens is 501 g/mol. The molecule has 39 heavy (non-hydrogen) atoms. The molecule has 0 fully saturated rings. The molecule has 1 aliphatic rings. The predicted molar refractivity (Wildman–Crippen MR) is 156 cm³/mol. The van der Waals surface area contributed by atoms with Crippen LogP contribution < -0.4 is 20.7 Å². The van der Waals surface area contributed by atoms with E-state index in [0.717, 1.165) is 44.3 Å². The topological polar surface area (TPSA) is 65.0 Å². The van der Waals surface area contributed by atoms with Crippen LogP contribution in [0, 0.1) is 0 Å². The van der Waals surface area contributed by atoms with Crippen molar-refractivity contribution >= 4 is 23.1 Å². The lowest BCUT2D eigenvalue weighted by molar-refractivity contribution is 0.485. The summed E-state index contributed by atoms with van der Waals surface area (Å²) >= 11 is 0. The molecule has 0 bridgehead atoms. The number of para-hydroxylation sites is 1. The Kier molecular flexibility index (Phi) is 5.65. The summed E-state index contributed by atoms with van der Waals surface area (Å²) in [5, 5.41) is 2.21. The van der Waals surface area contributed by atoms with E-state index in [1.807, 2.05) is 122 Å². The number of benzene rings is 3. The van der Waals surface area contributed by atoms with Crippen LogP contribution in [0.1, 0.15) is 0 Å². The van der Waals surface area contributed by atoms with Crippen molar-refractivity contribution in [3.05, 3.63) is 134 Å². The number of hydrogen-bond acceptors (Lipinski definition) is 5. The summed E-state index contributed by atoms with van der Waals surface area (Å²) < 4.78 is 21.3. The summed E-state index contributed by atoms with van der Waals surface area (Å²) in [5.74, 6) is 1.22. The van der Waals surface area contributed by atoms with Crippen molar-refractivity contribution < 1.29 is 9.30 Å². The highest BCUT2D eigenvalue weighted by atomic mass is 31.2. The number of pyridine rings is 3. The van der Waals surface area contributed by atoms with E-state index in [1.54, 1.807) is 12.4 Å². The zero-order valence-electron chi connectivity index (χ0n) is 20.8. The van der Waals surface area contributed by atoms with Gasteiger partial charge in [-0.05, 0) is 71.8 Å². The molecule has 1 aliphatic heterocycles. The number of fused-ring (bicyclic) bond motifs is 2. The zero-order valence-corrected chi connectivity index (χ0v) is 21.7. The molecule has 4 heterocycles. The number of hydrogen-bond donors (Lipinski definition) is 0. The van der Waals surface area contributed by atoms with Crippen molar-refractivity contribution in [2.24, 2.45) is 0 Å². The molecule has 186 valence electrons. The van der Waals surface area contributed by atoms with Crippen molar-refractivity contribution in [1.29, 1.82) is 0 Å². The number of nitrogens with zero attached hydrogens (tertiary/aromatic N) is 3. The molecular formula is C33H22N3O2P. The molecule has 5 nitrogen and oxygen atoms in total. The van der Waals surface area contributed by atoms with Gasteiger partial charge in [-0.15, -0.1) is 0 Å². The van der Waals surface area contributed by atoms with Crippen LogP contribution in [0.3, 0.4) is 0 Å². The molecule has 0 N–H and O–H groups in total. The van der Waals surface area contributed by atoms with E-state index in [1.165, 1.54) is 0 Å². The Morgan fingerprint density at radius 2 is 1.18 bits per heavy atom. The van der Waals surface area contributed by atoms with E-state index in [2.05, 4.69) is 9.97 Å². The van der Waals surface area contributed by atoms with Gasteiger partial charge in [0.1, 0.15) is 11.5 Å². The second-order valence-electron chi connectivity index (χ2n) is 9.31. The van der Waals surface area contributed by atoms with Crippen molar-refractivity contribution in [3.63, 3.8) is 0 Å². The SMILES string of the molecule is O=P1(c2ccccc2)c2ccccc2Oc2cc(-c3cc(-c4cccnc4)nc(-c4cccnc4)c3)ccc21. The first-order valence-electron chi connectivity index (χ1n) is 12.6. The van der Waals surface area contributed by atoms with E-state index in [4.69, 9.17) is 9.72 Å². The molecule has 7 rings (SSSR count). The summed E-state index contributed by atoms with van der Waals surface area (Å²) in [6, 6.07) is 35.1. The van der Waals surface area contributed by atoms with Gasteiger partial charge >= 0.3 is 0 Å². The highest BCUT2D eigenvalue weighted by molar-refractivity contribution is 7.85. The second-order valence-corrected chi connectivity index (χ2v) is 12.0. The van der Waals surface area contributed by atoms with Gasteiger partial charge in [-0.1, -0.05) is 48.5 Å². The van der Waals surface area contributed by atoms with Crippen LogP contribution in [0.25, 0.3) is 33.6 Å². The molecule has 0 spiro atoms. The molecule has 1 atom stereocenters. The molecule has 0 aliphatic carbocycles. The quantitative estimate of drug-likeness (QED) is 0.243. The summed E-state index contributed by atoms with van der Waals surface area (Å²) in [6.45, 7) is 0. The first-order valence-corrected chi connectivity index (χ1v) is 14.3. The molecule has 0 amide bonds. The van der Waals surface area contributed by atoms with Gasteiger partial charge in [0.05, 0.1) is 22.0 Å². The fraction of sp³-hybridized carbons (Fsp3) is 0. The second kappa shape index (κ2) is 9.46. The summed E-state index contributed by atoms with van der Waals surface area (Å²) in [6.07, 6.45) is 7.11. The van der Waals surface area contributed by atoms with Gasteiger partial charge in [0.15, 0.2) is 7.14 Å². The molecule has 0 saturated carbocycles. The monoisotopic (exact) mass is 523 g/mol. The minimum absolute atomic E-state index is 0.598. The van der Waals surface area contributed by atoms with Crippen molar-refractivity contribution in [3.8, 4) is 45.1 Å². The minimum Gasteiger partial charge on any atom is -0.456 e. The molecule has 1 unspecified atom stereocenters. The van der Waals surface area contributed by atoms with Gasteiger partial charge in [0.2, 0.25) is 0 Å². The lowest BCUT2D eigenvalue weighted by Crippen LogP contribution is -2.30. The third-order valence-electron chi connectivity index (χ3n) is 6.92. The standard InChI is InChI=1S/C33H22N3O2P/c37-39(27-10-2-1-3-11-27)32-13-5-4-12-30(32)38-31-20-23(14-15-33(31)39)26-18-28(24-8-6-16-34-21-24)36-29(19-26)25-9-7-17-35-22-25/h1-22H. The zero-order chi connectivity index (χ0) is 26.2. The summed E-state index contributed by atoms with van der Waals surface area (Å²) in [7, 11) is -3.13. The molecule has 6 aromatic rings. The highest BCUT2D eigenvalue weighted by Gasteiger charge is 2.39. The van der Waals surface area contributed by atoms with Crippen LogP contribution >= 0.6 is 7.14 Å². The van der Waals surface area contributed by atoms with Gasteiger partial charge in [-0.3, -0.25) is 9.97 Å². The number of ether oxygens (including phenoxy) is 1. The minimum atomic E-state index is -3.13. The lowest BCUT2D eigenvalue weighted by Gasteiger charge is -2.29. The van der Waals surface area contributed by atoms with Gasteiger partial charge in [-0.25, -0.2) is 4.98 Å². The Morgan fingerprint density at radius 3 is 1.85 bits per heavy atom. The average Bonchev–Trinajstić information content (AvgIpc) is 3.02. The van der Waals surface area contributed by atoms with Crippen molar-refractivity contribution in [2.45, 2.75) is 0 Å². The first-order chi connectivity index (χ1) is 19.2. The fourth-order valence-electron chi connectivity index (χ4n) is 5.03. The third-order valence-corrected chi connectivity index (χ3v) is 10.0. The maximum absolute atomic E-state index is 14.9. The smallest absolute Gasteiger partial charge is 0.178 e. The van der Waals surface area contributed by atoms with E-state index >= 15 is 0 Å². The van der Waals surface area contributed by atoms with Gasteiger partial charge < -0.3 is 9.30 Å². The number of aromatic nitrogens is 3. The normalized spacial score (nSPS) is 15.6. The highest BCUT2D eigenvalue weighted by Crippen LogP contribution is 2.52. The maximum atomic E-state index is 14.9. The van der Waals surface area contributed by atoms with Crippen LogP contribution in [0.15, 0.2) is 134 Å². The Labute approximate surface area is 226 Å². The first kappa shape index (κ1) is 23.3. The van der Waals surface area contributed by atoms with E-state index in [0.29, 0.717) is 16.8 Å². The van der Waals surface area contributed by atoms with E-state index in [9.17, 15) is 4.57 Å². The lowest BCUT2D eigenvalue weighted by atomic mass is 10.0. The van der Waals surface area contributed by atoms with E-state index in [-0.39, 0.29) is 0 Å². The molecule has 3 aromatic heterocycles. The summed E-state index contributed by atoms with van der Waals surface area (Å²) in [5.41, 5.74) is 5.34. The van der Waals surface area contributed by atoms with Gasteiger partial charge in [0, 0.05) is 41.2 Å². The van der Waals surface area contributed by atoms with Crippen LogP contribution in [0.2, 0.25) is 0 Å². The van der Waals surface area contributed by atoms with E-state index < -0.39 is 7.14 Å². The molecule has 6 heteroatoms. The third kappa shape index (κ3) is 4.04. The van der Waals surface area contributed by atoms with Crippen LogP contribution in [0.5, 0.6) is 11.5 Å². The average molecular weight is 524 g/mol. The molecule has 3 aromatic carbocycles. The van der Waals surface area contributed by atoms with Crippen molar-refractivity contribution in [2.75, 3.05) is 0 Å². The Morgan fingerprint density at radius 1 is 0.538 bits per heavy atom. The Hall–Kier alpha value is -4.86. The van der Waals surface area contributed by atoms with Crippen LogP contribution in [-0.2, 0) is 4.57 Å². The number of rotatable bonds is 4. The molecule has 0 saturated heterocycles.